The number of hydrogen-bond donors (Lipinski definition) is 1. The maximum atomic E-state index is 3.81. The summed E-state index contributed by atoms with van der Waals surface area (Å²) in [6.07, 6.45) is 7.23. The molecule has 2 bridgehead atoms. The van der Waals surface area contributed by atoms with E-state index >= 15 is 0 Å². The van der Waals surface area contributed by atoms with Crippen LogP contribution in [0.25, 0.3) is 0 Å². The molecule has 2 heteroatoms. The van der Waals surface area contributed by atoms with E-state index < -0.39 is 0 Å². The van der Waals surface area contributed by atoms with E-state index in [1.54, 1.807) is 4.88 Å². The van der Waals surface area contributed by atoms with E-state index in [4.69, 9.17) is 0 Å². The third-order valence-electron chi connectivity index (χ3n) is 4.68. The molecule has 0 radical (unpaired) electrons. The van der Waals surface area contributed by atoms with E-state index in [1.165, 1.54) is 32.1 Å². The van der Waals surface area contributed by atoms with Gasteiger partial charge in [0, 0.05) is 10.9 Å². The lowest BCUT2D eigenvalue weighted by Crippen LogP contribution is -2.31. The molecule has 0 saturated heterocycles. The average Bonchev–Trinajstić information content (AvgIpc) is 3.06. The molecule has 0 aromatic carbocycles. The number of rotatable bonds is 5. The van der Waals surface area contributed by atoms with Crippen LogP contribution in [0.1, 0.15) is 49.9 Å². The van der Waals surface area contributed by atoms with E-state index in [2.05, 4.69) is 29.8 Å². The van der Waals surface area contributed by atoms with Gasteiger partial charge in [0.2, 0.25) is 0 Å². The molecule has 1 heterocycles. The van der Waals surface area contributed by atoms with Crippen molar-refractivity contribution >= 4 is 11.3 Å². The third-order valence-corrected chi connectivity index (χ3v) is 5.64. The van der Waals surface area contributed by atoms with Crippen LogP contribution in [0.2, 0.25) is 0 Å². The fourth-order valence-corrected chi connectivity index (χ4v) is 4.81. The largest absolute Gasteiger partial charge is 0.309 e. The van der Waals surface area contributed by atoms with Crippen LogP contribution in [0.15, 0.2) is 17.5 Å². The molecule has 0 amide bonds. The number of hydrogen-bond acceptors (Lipinski definition) is 2. The molecule has 2 aliphatic carbocycles. The first kappa shape index (κ1) is 11.7. The van der Waals surface area contributed by atoms with Crippen molar-refractivity contribution in [1.82, 2.24) is 5.32 Å². The summed E-state index contributed by atoms with van der Waals surface area (Å²) in [4.78, 5) is 1.57. The van der Waals surface area contributed by atoms with Gasteiger partial charge in [-0.3, -0.25) is 0 Å². The van der Waals surface area contributed by atoms with Crippen LogP contribution in [0, 0.1) is 17.8 Å². The molecule has 1 N–H and O–H groups in total. The van der Waals surface area contributed by atoms with Crippen molar-refractivity contribution in [1.29, 1.82) is 0 Å². The topological polar surface area (TPSA) is 12.0 Å². The maximum Gasteiger partial charge on any atom is 0.0446 e. The Labute approximate surface area is 109 Å². The molecule has 94 valence electrons. The molecule has 2 aliphatic rings. The van der Waals surface area contributed by atoms with Gasteiger partial charge in [-0.15, -0.1) is 11.3 Å². The predicted molar refractivity (Wildman–Crippen MR) is 74.3 cm³/mol. The van der Waals surface area contributed by atoms with Gasteiger partial charge >= 0.3 is 0 Å². The molecule has 4 atom stereocenters. The normalized spacial score (nSPS) is 33.1. The van der Waals surface area contributed by atoms with Crippen LogP contribution in [-0.4, -0.2) is 6.54 Å². The van der Waals surface area contributed by atoms with E-state index in [0.29, 0.717) is 6.04 Å². The smallest absolute Gasteiger partial charge is 0.0446 e. The minimum atomic E-state index is 0.644. The summed E-state index contributed by atoms with van der Waals surface area (Å²) in [6, 6.07) is 5.17. The highest BCUT2D eigenvalue weighted by Crippen LogP contribution is 2.52. The standard InChI is InChI=1S/C15H23NS/c1-2-7-16-15(14-4-3-8-17-14)13-10-11-5-6-12(13)9-11/h3-4,8,11-13,15-16H,2,5-7,9-10H2,1H3. The molecule has 0 aliphatic heterocycles. The first-order valence-electron chi connectivity index (χ1n) is 7.15. The van der Waals surface area contributed by atoms with Crippen LogP contribution in [0.5, 0.6) is 0 Å². The third kappa shape index (κ3) is 2.30. The minimum Gasteiger partial charge on any atom is -0.309 e. The first-order valence-corrected chi connectivity index (χ1v) is 8.03. The van der Waals surface area contributed by atoms with Gasteiger partial charge in [-0.05, 0) is 61.4 Å². The van der Waals surface area contributed by atoms with Gasteiger partial charge in [0.05, 0.1) is 0 Å². The molecule has 1 aromatic heterocycles. The SMILES string of the molecule is CCCNC(c1cccs1)C1CC2CCC1C2. The lowest BCUT2D eigenvalue weighted by Gasteiger charge is -2.30. The fraction of sp³-hybridized carbons (Fsp3) is 0.733. The van der Waals surface area contributed by atoms with Crippen molar-refractivity contribution in [3.05, 3.63) is 22.4 Å². The summed E-state index contributed by atoms with van der Waals surface area (Å²) in [5.74, 6) is 2.98. The highest BCUT2D eigenvalue weighted by molar-refractivity contribution is 7.10. The average molecular weight is 249 g/mol. The molecule has 0 spiro atoms. The van der Waals surface area contributed by atoms with Crippen molar-refractivity contribution in [2.75, 3.05) is 6.54 Å². The molecule has 2 saturated carbocycles. The molecule has 3 rings (SSSR count). The first-order chi connectivity index (χ1) is 8.38. The highest BCUT2D eigenvalue weighted by atomic mass is 32.1. The highest BCUT2D eigenvalue weighted by Gasteiger charge is 2.43. The number of nitrogens with one attached hydrogen (secondary N) is 1. The van der Waals surface area contributed by atoms with Crippen LogP contribution >= 0.6 is 11.3 Å². The van der Waals surface area contributed by atoms with Crippen LogP contribution < -0.4 is 5.32 Å². The van der Waals surface area contributed by atoms with Crippen LogP contribution in [0.4, 0.5) is 0 Å². The van der Waals surface area contributed by atoms with E-state index in [0.717, 1.165) is 24.3 Å². The second-order valence-corrected chi connectivity index (χ2v) is 6.77. The molecule has 2 fully saturated rings. The fourth-order valence-electron chi connectivity index (χ4n) is 3.93. The minimum absolute atomic E-state index is 0.644. The van der Waals surface area contributed by atoms with Gasteiger partial charge in [-0.1, -0.05) is 19.4 Å². The lowest BCUT2D eigenvalue weighted by molar-refractivity contribution is 0.253. The Morgan fingerprint density at radius 2 is 2.35 bits per heavy atom. The monoisotopic (exact) mass is 249 g/mol. The number of fused-ring (bicyclic) bond motifs is 2. The van der Waals surface area contributed by atoms with Gasteiger partial charge in [0.1, 0.15) is 0 Å². The van der Waals surface area contributed by atoms with Crippen molar-refractivity contribution in [2.45, 2.75) is 45.1 Å². The van der Waals surface area contributed by atoms with E-state index in [9.17, 15) is 0 Å². The summed E-state index contributed by atoms with van der Waals surface area (Å²) in [6.45, 7) is 3.43. The van der Waals surface area contributed by atoms with Gasteiger partial charge < -0.3 is 5.32 Å². The van der Waals surface area contributed by atoms with Crippen molar-refractivity contribution < 1.29 is 0 Å². The van der Waals surface area contributed by atoms with Gasteiger partial charge in [0.25, 0.3) is 0 Å². The van der Waals surface area contributed by atoms with Crippen molar-refractivity contribution in [3.8, 4) is 0 Å². The Bertz CT molecular complexity index is 346. The summed E-state index contributed by atoms with van der Waals surface area (Å²) >= 11 is 1.93. The zero-order chi connectivity index (χ0) is 11.7. The molecular formula is C15H23NS. The Morgan fingerprint density at radius 1 is 1.41 bits per heavy atom. The zero-order valence-corrected chi connectivity index (χ0v) is 11.5. The Morgan fingerprint density at radius 3 is 2.94 bits per heavy atom. The molecule has 4 unspecified atom stereocenters. The summed E-state index contributed by atoms with van der Waals surface area (Å²) in [7, 11) is 0. The van der Waals surface area contributed by atoms with Crippen LogP contribution in [0.3, 0.4) is 0 Å². The molecule has 1 nitrogen and oxygen atoms in total. The van der Waals surface area contributed by atoms with Gasteiger partial charge in [-0.2, -0.15) is 0 Å². The van der Waals surface area contributed by atoms with E-state index in [1.807, 2.05) is 11.3 Å². The zero-order valence-electron chi connectivity index (χ0n) is 10.7. The molecule has 1 aromatic rings. The summed E-state index contributed by atoms with van der Waals surface area (Å²) < 4.78 is 0. The molecular weight excluding hydrogens is 226 g/mol. The second-order valence-electron chi connectivity index (χ2n) is 5.79. The van der Waals surface area contributed by atoms with Gasteiger partial charge in [0.15, 0.2) is 0 Å². The van der Waals surface area contributed by atoms with Crippen molar-refractivity contribution in [2.24, 2.45) is 17.8 Å². The van der Waals surface area contributed by atoms with Crippen LogP contribution in [-0.2, 0) is 0 Å². The van der Waals surface area contributed by atoms with Crippen molar-refractivity contribution in [3.63, 3.8) is 0 Å². The maximum absolute atomic E-state index is 3.81. The predicted octanol–water partition coefficient (Wildman–Crippen LogP) is 4.23. The Balaban J connectivity index is 1.74. The summed E-state index contributed by atoms with van der Waals surface area (Å²) in [5.41, 5.74) is 0. The second kappa shape index (κ2) is 5.11. The molecule has 17 heavy (non-hydrogen) atoms. The van der Waals surface area contributed by atoms with Gasteiger partial charge in [-0.25, -0.2) is 0 Å². The lowest BCUT2D eigenvalue weighted by atomic mass is 9.82. The van der Waals surface area contributed by atoms with E-state index in [-0.39, 0.29) is 0 Å². The Kier molecular flexibility index (Phi) is 3.53. The summed E-state index contributed by atoms with van der Waals surface area (Å²) in [5, 5.41) is 6.03. The quantitative estimate of drug-likeness (QED) is 0.823. The Hall–Kier alpha value is -0.340. The number of thiophene rings is 1.